The Labute approximate surface area is 210 Å². The molecule has 192 valence electrons. The van der Waals surface area contributed by atoms with Crippen molar-refractivity contribution in [2.75, 3.05) is 10.6 Å². The molecule has 0 saturated carbocycles. The predicted molar refractivity (Wildman–Crippen MR) is 130 cm³/mol. The van der Waals surface area contributed by atoms with Crippen LogP contribution in [0.2, 0.25) is 0 Å². The van der Waals surface area contributed by atoms with Crippen molar-refractivity contribution in [3.8, 4) is 11.1 Å². The molecule has 2 atom stereocenters. The van der Waals surface area contributed by atoms with E-state index in [0.29, 0.717) is 28.4 Å². The highest BCUT2D eigenvalue weighted by Crippen LogP contribution is 2.44. The highest BCUT2D eigenvalue weighted by molar-refractivity contribution is 6.22. The number of nitrogens with one attached hydrogen (secondary N) is 1. The Kier molecular flexibility index (Phi) is 6.77. The lowest BCUT2D eigenvalue weighted by Gasteiger charge is -2.26. The highest BCUT2D eigenvalue weighted by Gasteiger charge is 2.38. The molecule has 3 aromatic carbocycles. The van der Waals surface area contributed by atoms with E-state index in [2.05, 4.69) is 5.32 Å². The van der Waals surface area contributed by atoms with Gasteiger partial charge in [0.25, 0.3) is 5.91 Å². The number of alkyl halides is 3. The Morgan fingerprint density at radius 3 is 2.43 bits per heavy atom. The van der Waals surface area contributed by atoms with Crippen molar-refractivity contribution >= 4 is 29.1 Å². The summed E-state index contributed by atoms with van der Waals surface area (Å²) in [6, 6.07) is 13.3. The zero-order valence-electron chi connectivity index (χ0n) is 19.9. The van der Waals surface area contributed by atoms with E-state index in [4.69, 9.17) is 5.73 Å². The van der Waals surface area contributed by atoms with Crippen LogP contribution < -0.4 is 16.0 Å². The molecule has 0 saturated heterocycles. The molecule has 1 aliphatic heterocycles. The third kappa shape index (κ3) is 4.78. The zero-order chi connectivity index (χ0) is 27.1. The van der Waals surface area contributed by atoms with Gasteiger partial charge >= 0.3 is 6.18 Å². The van der Waals surface area contributed by atoms with Crippen LogP contribution >= 0.6 is 0 Å². The SMILES string of the molecule is CC1C(=O)N(C(=O)[C@H](C)NC(=O)Cc2cccc(C(F)(F)F)c2F)c2cccc(N)c2-c2ccccc21. The minimum atomic E-state index is -4.92. The van der Waals surface area contributed by atoms with Crippen molar-refractivity contribution in [3.05, 3.63) is 83.2 Å². The molecular formula is C27H23F4N3O3. The van der Waals surface area contributed by atoms with Gasteiger partial charge in [-0.05, 0) is 48.7 Å². The average Bonchev–Trinajstić information content (AvgIpc) is 2.93. The zero-order valence-corrected chi connectivity index (χ0v) is 19.9. The van der Waals surface area contributed by atoms with Gasteiger partial charge in [0.15, 0.2) is 0 Å². The van der Waals surface area contributed by atoms with E-state index in [1.807, 2.05) is 0 Å². The van der Waals surface area contributed by atoms with Crippen LogP contribution in [-0.4, -0.2) is 23.8 Å². The fourth-order valence-electron chi connectivity index (χ4n) is 4.47. The largest absolute Gasteiger partial charge is 0.419 e. The standard InChI is InChI=1S/C27H23F4N3O3/c1-14-17-8-3-4-9-18(17)23-20(32)11-6-12-21(23)34(25(14)36)26(37)15(2)33-22(35)13-16-7-5-10-19(24(16)28)27(29,30)31/h3-12,14-15H,13,32H2,1-2H3,(H,33,35)/t14?,15-/m0/s1. The van der Waals surface area contributed by atoms with Crippen molar-refractivity contribution in [2.24, 2.45) is 0 Å². The number of nitrogens with zero attached hydrogens (tertiary/aromatic N) is 1. The van der Waals surface area contributed by atoms with Crippen LogP contribution in [0, 0.1) is 5.82 Å². The molecule has 0 aliphatic carbocycles. The maximum atomic E-state index is 14.4. The summed E-state index contributed by atoms with van der Waals surface area (Å²) in [5, 5.41) is 2.37. The molecule has 3 aromatic rings. The smallest absolute Gasteiger partial charge is 0.398 e. The van der Waals surface area contributed by atoms with E-state index in [-0.39, 0.29) is 5.69 Å². The number of hydrogen-bond acceptors (Lipinski definition) is 4. The van der Waals surface area contributed by atoms with Gasteiger partial charge in [-0.15, -0.1) is 0 Å². The predicted octanol–water partition coefficient (Wildman–Crippen LogP) is 4.82. The van der Waals surface area contributed by atoms with Gasteiger partial charge < -0.3 is 11.1 Å². The number of benzene rings is 3. The van der Waals surface area contributed by atoms with Gasteiger partial charge in [0.1, 0.15) is 11.9 Å². The van der Waals surface area contributed by atoms with Gasteiger partial charge in [-0.25, -0.2) is 9.29 Å². The van der Waals surface area contributed by atoms with Crippen LogP contribution in [0.4, 0.5) is 28.9 Å². The normalized spacial score (nSPS) is 15.9. The molecule has 3 amide bonds. The molecule has 0 radical (unpaired) electrons. The molecule has 3 N–H and O–H groups in total. The van der Waals surface area contributed by atoms with Crippen molar-refractivity contribution in [1.82, 2.24) is 5.32 Å². The maximum absolute atomic E-state index is 14.4. The molecule has 0 spiro atoms. The van der Waals surface area contributed by atoms with E-state index in [1.165, 1.54) is 6.92 Å². The first-order valence-corrected chi connectivity index (χ1v) is 11.4. The third-order valence-corrected chi connectivity index (χ3v) is 6.31. The van der Waals surface area contributed by atoms with Crippen LogP contribution in [0.5, 0.6) is 0 Å². The van der Waals surface area contributed by atoms with Gasteiger partial charge in [-0.2, -0.15) is 13.2 Å². The first-order valence-electron chi connectivity index (χ1n) is 11.4. The molecule has 1 unspecified atom stereocenters. The number of rotatable bonds is 4. The number of fused-ring (bicyclic) bond motifs is 3. The summed E-state index contributed by atoms with van der Waals surface area (Å²) in [4.78, 5) is 40.5. The topological polar surface area (TPSA) is 92.5 Å². The Hall–Kier alpha value is -4.21. The summed E-state index contributed by atoms with van der Waals surface area (Å²) in [6.07, 6.45) is -5.65. The second-order valence-electron chi connectivity index (χ2n) is 8.80. The van der Waals surface area contributed by atoms with Crippen LogP contribution in [0.1, 0.15) is 36.5 Å². The van der Waals surface area contributed by atoms with Crippen molar-refractivity contribution in [2.45, 2.75) is 38.4 Å². The monoisotopic (exact) mass is 513 g/mol. The van der Waals surface area contributed by atoms with E-state index in [9.17, 15) is 31.9 Å². The van der Waals surface area contributed by atoms with Crippen LogP contribution in [0.25, 0.3) is 11.1 Å². The molecular weight excluding hydrogens is 490 g/mol. The molecule has 0 aromatic heterocycles. The van der Waals surface area contributed by atoms with Crippen LogP contribution in [-0.2, 0) is 27.0 Å². The number of nitrogen functional groups attached to an aromatic ring is 1. The number of anilines is 2. The lowest BCUT2D eigenvalue weighted by atomic mass is 9.92. The molecule has 1 heterocycles. The first kappa shape index (κ1) is 25.9. The van der Waals surface area contributed by atoms with Gasteiger partial charge in [0.05, 0.1) is 23.6 Å². The van der Waals surface area contributed by atoms with Gasteiger partial charge in [-0.1, -0.05) is 42.5 Å². The van der Waals surface area contributed by atoms with Crippen molar-refractivity contribution in [3.63, 3.8) is 0 Å². The van der Waals surface area contributed by atoms with Gasteiger partial charge in [0.2, 0.25) is 11.8 Å². The molecule has 0 bridgehead atoms. The minimum absolute atomic E-state index is 0.247. The summed E-state index contributed by atoms with van der Waals surface area (Å²) >= 11 is 0. The third-order valence-electron chi connectivity index (χ3n) is 6.31. The Morgan fingerprint density at radius 2 is 1.73 bits per heavy atom. The summed E-state index contributed by atoms with van der Waals surface area (Å²) in [5.74, 6) is -4.46. The average molecular weight is 513 g/mol. The Morgan fingerprint density at radius 1 is 1.05 bits per heavy atom. The number of hydrogen-bond donors (Lipinski definition) is 2. The highest BCUT2D eigenvalue weighted by atomic mass is 19.4. The number of imide groups is 1. The van der Waals surface area contributed by atoms with E-state index >= 15 is 0 Å². The number of carbonyl (C=O) groups excluding carboxylic acids is 3. The minimum Gasteiger partial charge on any atom is -0.398 e. The summed E-state index contributed by atoms with van der Waals surface area (Å²) in [5.41, 5.74) is 6.75. The Balaban J connectivity index is 1.62. The van der Waals surface area contributed by atoms with Crippen LogP contribution in [0.3, 0.4) is 0 Å². The van der Waals surface area contributed by atoms with E-state index in [1.54, 1.807) is 49.4 Å². The number of halogens is 4. The lowest BCUT2D eigenvalue weighted by Crippen LogP contribution is -2.50. The number of amides is 3. The summed E-state index contributed by atoms with van der Waals surface area (Å²) < 4.78 is 53.4. The van der Waals surface area contributed by atoms with Crippen LogP contribution in [0.15, 0.2) is 60.7 Å². The van der Waals surface area contributed by atoms with Crippen molar-refractivity contribution < 1.29 is 31.9 Å². The fourth-order valence-corrected chi connectivity index (χ4v) is 4.47. The summed E-state index contributed by atoms with van der Waals surface area (Å²) in [6.45, 7) is 2.99. The van der Waals surface area contributed by atoms with E-state index in [0.717, 1.165) is 17.0 Å². The van der Waals surface area contributed by atoms with Gasteiger partial charge in [-0.3, -0.25) is 14.4 Å². The molecule has 6 nitrogen and oxygen atoms in total. The molecule has 0 fully saturated rings. The molecule has 37 heavy (non-hydrogen) atoms. The number of carbonyl (C=O) groups is 3. The number of nitrogens with two attached hydrogens (primary N) is 1. The first-order chi connectivity index (χ1) is 17.4. The fraction of sp³-hybridized carbons (Fsp3) is 0.222. The Bertz CT molecular complexity index is 1400. The van der Waals surface area contributed by atoms with Gasteiger partial charge in [0, 0.05) is 11.3 Å². The van der Waals surface area contributed by atoms with Crippen molar-refractivity contribution in [1.29, 1.82) is 0 Å². The second-order valence-corrected chi connectivity index (χ2v) is 8.80. The quantitative estimate of drug-likeness (QED) is 0.387. The molecule has 4 rings (SSSR count). The summed E-state index contributed by atoms with van der Waals surface area (Å²) in [7, 11) is 0. The lowest BCUT2D eigenvalue weighted by molar-refractivity contribution is -0.140. The molecule has 10 heteroatoms. The second kappa shape index (κ2) is 9.68. The maximum Gasteiger partial charge on any atom is 0.419 e. The van der Waals surface area contributed by atoms with E-state index < -0.39 is 59.2 Å². The molecule has 1 aliphatic rings.